The molecule has 1 amide bonds. The lowest BCUT2D eigenvalue weighted by Crippen LogP contribution is -2.33. The summed E-state index contributed by atoms with van der Waals surface area (Å²) in [5.74, 6) is -1.00. The van der Waals surface area contributed by atoms with E-state index in [0.717, 1.165) is 19.3 Å². The average molecular weight is 272 g/mol. The van der Waals surface area contributed by atoms with Gasteiger partial charge in [-0.25, -0.2) is 0 Å². The Labute approximate surface area is 113 Å². The number of unbranched alkanes of at least 4 members (excludes halogenated alkanes) is 1. The maximum absolute atomic E-state index is 11.5. The van der Waals surface area contributed by atoms with Crippen molar-refractivity contribution in [1.29, 1.82) is 0 Å². The lowest BCUT2D eigenvalue weighted by Gasteiger charge is -2.13. The minimum absolute atomic E-state index is 0.0167. The Bertz CT molecular complexity index is 305. The van der Waals surface area contributed by atoms with Gasteiger partial charge in [-0.2, -0.15) is 0 Å². The van der Waals surface area contributed by atoms with Crippen LogP contribution in [0.2, 0.25) is 0 Å². The summed E-state index contributed by atoms with van der Waals surface area (Å²) >= 11 is 0. The predicted molar refractivity (Wildman–Crippen MR) is 71.9 cm³/mol. The molecule has 1 unspecified atom stereocenters. The van der Waals surface area contributed by atoms with Gasteiger partial charge in [0.15, 0.2) is 0 Å². The van der Waals surface area contributed by atoms with Crippen LogP contribution in [-0.2, 0) is 14.4 Å². The van der Waals surface area contributed by atoms with E-state index in [2.05, 4.69) is 10.6 Å². The van der Waals surface area contributed by atoms with E-state index >= 15 is 0 Å². The first-order chi connectivity index (χ1) is 9.01. The van der Waals surface area contributed by atoms with E-state index in [1.54, 1.807) is 7.05 Å². The number of hydrogen-bond donors (Lipinski definition) is 3. The zero-order valence-corrected chi connectivity index (χ0v) is 11.7. The highest BCUT2D eigenvalue weighted by atomic mass is 16.4. The van der Waals surface area contributed by atoms with E-state index < -0.39 is 5.97 Å². The SMILES string of the molecule is CCC(=O)C(CCCCNC(=O)CCC(=O)O)NC. The number of carboxylic acid groups (broad SMARTS) is 1. The van der Waals surface area contributed by atoms with Gasteiger partial charge in [0.05, 0.1) is 12.5 Å². The van der Waals surface area contributed by atoms with Gasteiger partial charge < -0.3 is 15.7 Å². The lowest BCUT2D eigenvalue weighted by atomic mass is 10.0. The Hall–Kier alpha value is -1.43. The third kappa shape index (κ3) is 9.18. The molecule has 0 bridgehead atoms. The Balaban J connectivity index is 3.61. The Morgan fingerprint density at radius 1 is 1.16 bits per heavy atom. The molecule has 6 nitrogen and oxygen atoms in total. The Morgan fingerprint density at radius 2 is 1.84 bits per heavy atom. The van der Waals surface area contributed by atoms with Crippen LogP contribution in [0.15, 0.2) is 0 Å². The Kier molecular flexibility index (Phi) is 9.70. The van der Waals surface area contributed by atoms with Crippen LogP contribution in [0, 0.1) is 0 Å². The second kappa shape index (κ2) is 10.5. The van der Waals surface area contributed by atoms with E-state index in [4.69, 9.17) is 5.11 Å². The van der Waals surface area contributed by atoms with Crippen LogP contribution in [0.1, 0.15) is 45.4 Å². The molecule has 0 aliphatic heterocycles. The zero-order valence-electron chi connectivity index (χ0n) is 11.7. The molecule has 0 aliphatic carbocycles. The molecule has 0 radical (unpaired) electrons. The second-order valence-corrected chi connectivity index (χ2v) is 4.40. The van der Waals surface area contributed by atoms with Gasteiger partial charge in [-0.3, -0.25) is 14.4 Å². The third-order valence-corrected chi connectivity index (χ3v) is 2.89. The molecule has 0 spiro atoms. The summed E-state index contributed by atoms with van der Waals surface area (Å²) in [6.07, 6.45) is 2.79. The van der Waals surface area contributed by atoms with E-state index in [-0.39, 0.29) is 30.6 Å². The molecule has 0 aromatic rings. The molecule has 0 rings (SSSR count). The van der Waals surface area contributed by atoms with Gasteiger partial charge in [0.25, 0.3) is 0 Å². The minimum atomic E-state index is -0.968. The molecule has 0 saturated heterocycles. The number of hydrogen-bond acceptors (Lipinski definition) is 4. The summed E-state index contributed by atoms with van der Waals surface area (Å²) < 4.78 is 0. The number of carbonyl (C=O) groups excluding carboxylic acids is 2. The normalized spacial score (nSPS) is 11.9. The monoisotopic (exact) mass is 272 g/mol. The Morgan fingerprint density at radius 3 is 2.37 bits per heavy atom. The fraction of sp³-hybridized carbons (Fsp3) is 0.769. The molecule has 1 atom stereocenters. The number of ketones is 1. The van der Waals surface area contributed by atoms with Crippen LogP contribution in [0.4, 0.5) is 0 Å². The van der Waals surface area contributed by atoms with Crippen molar-refractivity contribution in [2.24, 2.45) is 0 Å². The average Bonchev–Trinajstić information content (AvgIpc) is 2.39. The molecule has 0 heterocycles. The van der Waals surface area contributed by atoms with Crippen LogP contribution < -0.4 is 10.6 Å². The quantitative estimate of drug-likeness (QED) is 0.481. The van der Waals surface area contributed by atoms with Crippen LogP contribution in [0.3, 0.4) is 0 Å². The maximum Gasteiger partial charge on any atom is 0.303 e. The molecular formula is C13H24N2O4. The van der Waals surface area contributed by atoms with Gasteiger partial charge in [-0.05, 0) is 26.3 Å². The largest absolute Gasteiger partial charge is 0.481 e. The standard InChI is InChI=1S/C13H24N2O4/c1-3-11(16)10(14-2)6-4-5-9-15-12(17)7-8-13(18)19/h10,14H,3-9H2,1-2H3,(H,15,17)(H,18,19). The first kappa shape index (κ1) is 17.6. The zero-order chi connectivity index (χ0) is 14.7. The number of likely N-dealkylation sites (N-methyl/N-ethyl adjacent to an activating group) is 1. The third-order valence-electron chi connectivity index (χ3n) is 2.89. The van der Waals surface area contributed by atoms with Crippen molar-refractivity contribution in [3.63, 3.8) is 0 Å². The predicted octanol–water partition coefficient (Wildman–Crippen LogP) is 0.705. The molecule has 0 saturated carbocycles. The summed E-state index contributed by atoms with van der Waals surface area (Å²) in [4.78, 5) is 33.0. The van der Waals surface area contributed by atoms with Gasteiger partial charge in [0, 0.05) is 19.4 Å². The summed E-state index contributed by atoms with van der Waals surface area (Å²) in [7, 11) is 1.77. The molecule has 6 heteroatoms. The molecule has 0 aromatic carbocycles. The number of Topliss-reactive ketones (excluding diaryl/α,β-unsaturated/α-hetero) is 1. The summed E-state index contributed by atoms with van der Waals surface area (Å²) in [5, 5.41) is 14.1. The van der Waals surface area contributed by atoms with Crippen LogP contribution >= 0.6 is 0 Å². The second-order valence-electron chi connectivity index (χ2n) is 4.40. The fourth-order valence-electron chi connectivity index (χ4n) is 1.72. The molecule has 19 heavy (non-hydrogen) atoms. The molecular weight excluding hydrogens is 248 g/mol. The number of amides is 1. The topological polar surface area (TPSA) is 95.5 Å². The summed E-state index contributed by atoms with van der Waals surface area (Å²) in [6.45, 7) is 2.37. The van der Waals surface area contributed by atoms with Gasteiger partial charge in [0.2, 0.25) is 5.91 Å². The highest BCUT2D eigenvalue weighted by molar-refractivity contribution is 5.83. The highest BCUT2D eigenvalue weighted by Gasteiger charge is 2.13. The van der Waals surface area contributed by atoms with E-state index in [0.29, 0.717) is 13.0 Å². The summed E-state index contributed by atoms with van der Waals surface area (Å²) in [6, 6.07) is -0.104. The van der Waals surface area contributed by atoms with Crippen LogP contribution in [-0.4, -0.2) is 42.4 Å². The van der Waals surface area contributed by atoms with Crippen molar-refractivity contribution >= 4 is 17.7 Å². The van der Waals surface area contributed by atoms with Crippen molar-refractivity contribution in [3.8, 4) is 0 Å². The first-order valence-electron chi connectivity index (χ1n) is 6.69. The molecule has 0 aliphatic rings. The van der Waals surface area contributed by atoms with Crippen LogP contribution in [0.5, 0.6) is 0 Å². The number of aliphatic carboxylic acids is 1. The summed E-state index contributed by atoms with van der Waals surface area (Å²) in [5.41, 5.74) is 0. The first-order valence-corrected chi connectivity index (χ1v) is 6.69. The van der Waals surface area contributed by atoms with E-state index in [1.807, 2.05) is 6.92 Å². The number of carboxylic acids is 1. The minimum Gasteiger partial charge on any atom is -0.481 e. The van der Waals surface area contributed by atoms with Crippen molar-refractivity contribution in [1.82, 2.24) is 10.6 Å². The van der Waals surface area contributed by atoms with Crippen molar-refractivity contribution in [3.05, 3.63) is 0 Å². The number of rotatable bonds is 11. The van der Waals surface area contributed by atoms with Crippen molar-refractivity contribution < 1.29 is 19.5 Å². The molecule has 0 fully saturated rings. The highest BCUT2D eigenvalue weighted by Crippen LogP contribution is 2.03. The lowest BCUT2D eigenvalue weighted by molar-refractivity contribution is -0.138. The van der Waals surface area contributed by atoms with Crippen LogP contribution in [0.25, 0.3) is 0 Å². The van der Waals surface area contributed by atoms with Gasteiger partial charge >= 0.3 is 5.97 Å². The maximum atomic E-state index is 11.5. The van der Waals surface area contributed by atoms with E-state index in [1.165, 1.54) is 0 Å². The molecule has 110 valence electrons. The van der Waals surface area contributed by atoms with Crippen molar-refractivity contribution in [2.75, 3.05) is 13.6 Å². The number of nitrogens with one attached hydrogen (secondary N) is 2. The van der Waals surface area contributed by atoms with Gasteiger partial charge in [-0.15, -0.1) is 0 Å². The number of carbonyl (C=O) groups is 3. The van der Waals surface area contributed by atoms with Crippen molar-refractivity contribution in [2.45, 2.75) is 51.5 Å². The van der Waals surface area contributed by atoms with E-state index in [9.17, 15) is 14.4 Å². The smallest absolute Gasteiger partial charge is 0.303 e. The van der Waals surface area contributed by atoms with Gasteiger partial charge in [-0.1, -0.05) is 6.92 Å². The van der Waals surface area contributed by atoms with Gasteiger partial charge in [0.1, 0.15) is 5.78 Å². The fourth-order valence-corrected chi connectivity index (χ4v) is 1.72. The molecule has 0 aromatic heterocycles. The molecule has 3 N–H and O–H groups in total.